The second kappa shape index (κ2) is 4.75. The Balaban J connectivity index is 2.13. The van der Waals surface area contributed by atoms with E-state index in [0.29, 0.717) is 0 Å². The molecule has 1 heterocycles. The van der Waals surface area contributed by atoms with Gasteiger partial charge in [-0.3, -0.25) is 0 Å². The monoisotopic (exact) mass is 333 g/mol. The van der Waals surface area contributed by atoms with Crippen LogP contribution in [0, 0.1) is 0 Å². The number of benzene rings is 2. The molecule has 0 spiro atoms. The number of carbonyl (C=O) groups is 1. The first-order chi connectivity index (χ1) is 9.13. The summed E-state index contributed by atoms with van der Waals surface area (Å²) in [6.45, 7) is 0. The number of aromatic carboxylic acids is 1. The summed E-state index contributed by atoms with van der Waals surface area (Å²) >= 11 is 4.97. The van der Waals surface area contributed by atoms with Crippen LogP contribution in [-0.4, -0.2) is 16.1 Å². The van der Waals surface area contributed by atoms with Crippen molar-refractivity contribution in [1.29, 1.82) is 0 Å². The van der Waals surface area contributed by atoms with Gasteiger partial charge >= 0.3 is 5.97 Å². The number of hydrogen-bond donors (Lipinski definition) is 1. The van der Waals surface area contributed by atoms with E-state index in [2.05, 4.69) is 20.9 Å². The van der Waals surface area contributed by atoms with Crippen LogP contribution in [0.25, 0.3) is 20.8 Å². The van der Waals surface area contributed by atoms with Gasteiger partial charge in [-0.05, 0) is 30.3 Å². The molecular weight excluding hydrogens is 326 g/mol. The molecule has 3 aromatic rings. The lowest BCUT2D eigenvalue weighted by atomic mass is 10.1. The largest absolute Gasteiger partial charge is 0.478 e. The highest BCUT2D eigenvalue weighted by Crippen LogP contribution is 2.31. The molecule has 19 heavy (non-hydrogen) atoms. The van der Waals surface area contributed by atoms with E-state index in [-0.39, 0.29) is 5.56 Å². The van der Waals surface area contributed by atoms with Gasteiger partial charge in [0.2, 0.25) is 0 Å². The number of rotatable bonds is 2. The number of halogens is 1. The summed E-state index contributed by atoms with van der Waals surface area (Å²) < 4.78 is 2.06. The van der Waals surface area contributed by atoms with Crippen LogP contribution in [0.15, 0.2) is 46.9 Å². The van der Waals surface area contributed by atoms with Crippen molar-refractivity contribution in [2.45, 2.75) is 0 Å². The van der Waals surface area contributed by atoms with Gasteiger partial charge in [-0.1, -0.05) is 28.1 Å². The van der Waals surface area contributed by atoms with Gasteiger partial charge in [-0.25, -0.2) is 9.78 Å². The van der Waals surface area contributed by atoms with Crippen molar-refractivity contribution in [3.63, 3.8) is 0 Å². The fraction of sp³-hybridized carbons (Fsp3) is 0. The molecule has 1 aromatic heterocycles. The summed E-state index contributed by atoms with van der Waals surface area (Å²) in [4.78, 5) is 15.5. The van der Waals surface area contributed by atoms with Gasteiger partial charge in [-0.2, -0.15) is 0 Å². The van der Waals surface area contributed by atoms with Crippen molar-refractivity contribution in [1.82, 2.24) is 4.98 Å². The molecule has 0 radical (unpaired) electrons. The van der Waals surface area contributed by atoms with E-state index in [0.717, 1.165) is 25.3 Å². The molecule has 0 aliphatic heterocycles. The first-order valence-electron chi connectivity index (χ1n) is 5.53. The third kappa shape index (κ3) is 2.39. The topological polar surface area (TPSA) is 50.2 Å². The molecule has 0 unspecified atom stereocenters. The predicted molar refractivity (Wildman–Crippen MR) is 79.7 cm³/mol. The second-order valence-corrected chi connectivity index (χ2v) is 5.96. The Morgan fingerprint density at radius 2 is 2.05 bits per heavy atom. The first-order valence-corrected chi connectivity index (χ1v) is 7.14. The van der Waals surface area contributed by atoms with Gasteiger partial charge < -0.3 is 5.11 Å². The van der Waals surface area contributed by atoms with E-state index >= 15 is 0 Å². The summed E-state index contributed by atoms with van der Waals surface area (Å²) in [6.07, 6.45) is 0. The van der Waals surface area contributed by atoms with Crippen molar-refractivity contribution in [2.24, 2.45) is 0 Å². The quantitative estimate of drug-likeness (QED) is 0.754. The maximum Gasteiger partial charge on any atom is 0.335 e. The van der Waals surface area contributed by atoms with Gasteiger partial charge in [0.1, 0.15) is 5.01 Å². The Morgan fingerprint density at radius 1 is 1.21 bits per heavy atom. The Bertz CT molecular complexity index is 782. The van der Waals surface area contributed by atoms with Gasteiger partial charge in [0, 0.05) is 10.0 Å². The van der Waals surface area contributed by atoms with Crippen LogP contribution in [-0.2, 0) is 0 Å². The zero-order valence-electron chi connectivity index (χ0n) is 9.63. The molecule has 0 fully saturated rings. The molecule has 0 saturated carbocycles. The highest BCUT2D eigenvalue weighted by atomic mass is 79.9. The van der Waals surface area contributed by atoms with Crippen molar-refractivity contribution in [3.8, 4) is 10.6 Å². The maximum atomic E-state index is 11.0. The molecule has 5 heteroatoms. The highest BCUT2D eigenvalue weighted by molar-refractivity contribution is 9.10. The highest BCUT2D eigenvalue weighted by Gasteiger charge is 2.09. The number of carboxylic acid groups (broad SMARTS) is 1. The number of carboxylic acids is 1. The lowest BCUT2D eigenvalue weighted by Crippen LogP contribution is -1.95. The minimum absolute atomic E-state index is 0.276. The van der Waals surface area contributed by atoms with Crippen LogP contribution in [0.2, 0.25) is 0 Å². The SMILES string of the molecule is O=C(O)c1cccc(-c2nc3cc(Br)ccc3s2)c1. The van der Waals surface area contributed by atoms with Crippen molar-refractivity contribution in [3.05, 3.63) is 52.5 Å². The molecular formula is C14H8BrNO2S. The molecule has 3 nitrogen and oxygen atoms in total. The van der Waals surface area contributed by atoms with Gasteiger partial charge in [0.25, 0.3) is 0 Å². The average Bonchev–Trinajstić information content (AvgIpc) is 2.81. The van der Waals surface area contributed by atoms with Crippen LogP contribution in [0.1, 0.15) is 10.4 Å². The fourth-order valence-corrected chi connectivity index (χ4v) is 3.10. The van der Waals surface area contributed by atoms with E-state index in [1.807, 2.05) is 24.3 Å². The van der Waals surface area contributed by atoms with Crippen LogP contribution < -0.4 is 0 Å². The molecule has 0 aliphatic rings. The lowest BCUT2D eigenvalue weighted by molar-refractivity contribution is 0.0697. The molecule has 0 bridgehead atoms. The third-order valence-electron chi connectivity index (χ3n) is 2.71. The Morgan fingerprint density at radius 3 is 2.84 bits per heavy atom. The van der Waals surface area contributed by atoms with E-state index in [4.69, 9.17) is 5.11 Å². The zero-order valence-corrected chi connectivity index (χ0v) is 12.0. The fourth-order valence-electron chi connectivity index (χ4n) is 1.81. The van der Waals surface area contributed by atoms with Gasteiger partial charge in [0.15, 0.2) is 0 Å². The second-order valence-electron chi connectivity index (χ2n) is 4.02. The summed E-state index contributed by atoms with van der Waals surface area (Å²) in [6, 6.07) is 12.8. The zero-order chi connectivity index (χ0) is 13.4. The normalized spacial score (nSPS) is 10.8. The number of nitrogens with zero attached hydrogens (tertiary/aromatic N) is 1. The summed E-state index contributed by atoms with van der Waals surface area (Å²) in [5, 5.41) is 9.84. The van der Waals surface area contributed by atoms with Crippen molar-refractivity contribution in [2.75, 3.05) is 0 Å². The van der Waals surface area contributed by atoms with Gasteiger partial charge in [0.05, 0.1) is 15.8 Å². The van der Waals surface area contributed by atoms with E-state index in [9.17, 15) is 4.79 Å². The summed E-state index contributed by atoms with van der Waals surface area (Å²) in [7, 11) is 0. The summed E-state index contributed by atoms with van der Waals surface area (Å²) in [5.41, 5.74) is 2.02. The number of hydrogen-bond acceptors (Lipinski definition) is 3. The van der Waals surface area contributed by atoms with Gasteiger partial charge in [-0.15, -0.1) is 11.3 Å². The van der Waals surface area contributed by atoms with E-state index < -0.39 is 5.97 Å². The maximum absolute atomic E-state index is 11.0. The Hall–Kier alpha value is -1.72. The van der Waals surface area contributed by atoms with Crippen molar-refractivity contribution >= 4 is 43.5 Å². The minimum Gasteiger partial charge on any atom is -0.478 e. The minimum atomic E-state index is -0.925. The molecule has 3 rings (SSSR count). The van der Waals surface area contributed by atoms with E-state index in [1.165, 1.54) is 0 Å². The number of thiazole rings is 1. The Labute approximate surface area is 121 Å². The van der Waals surface area contributed by atoms with E-state index in [1.54, 1.807) is 29.5 Å². The smallest absolute Gasteiger partial charge is 0.335 e. The van der Waals surface area contributed by atoms with Crippen molar-refractivity contribution < 1.29 is 9.90 Å². The van der Waals surface area contributed by atoms with Crippen LogP contribution in [0.5, 0.6) is 0 Å². The first kappa shape index (κ1) is 12.3. The van der Waals surface area contributed by atoms with Crippen LogP contribution in [0.3, 0.4) is 0 Å². The standard InChI is InChI=1S/C14H8BrNO2S/c15-10-4-5-12-11(7-10)16-13(19-12)8-2-1-3-9(6-8)14(17)18/h1-7H,(H,17,18). The number of aromatic nitrogens is 1. The number of fused-ring (bicyclic) bond motifs is 1. The molecule has 94 valence electrons. The third-order valence-corrected chi connectivity index (χ3v) is 4.28. The van der Waals surface area contributed by atoms with Crippen LogP contribution >= 0.6 is 27.3 Å². The lowest BCUT2D eigenvalue weighted by Gasteiger charge is -1.97. The molecule has 0 saturated heterocycles. The predicted octanol–water partition coefficient (Wildman–Crippen LogP) is 4.42. The molecule has 2 aromatic carbocycles. The molecule has 0 aliphatic carbocycles. The average molecular weight is 334 g/mol. The van der Waals surface area contributed by atoms with Crippen LogP contribution in [0.4, 0.5) is 0 Å². The summed E-state index contributed by atoms with van der Waals surface area (Å²) in [5.74, 6) is -0.925. The molecule has 1 N–H and O–H groups in total. The molecule has 0 amide bonds. The Kier molecular flexibility index (Phi) is 3.08. The molecule has 0 atom stereocenters.